The molecule has 1 N–H and O–H groups in total. The monoisotopic (exact) mass is 399 g/mol. The van der Waals surface area contributed by atoms with E-state index in [9.17, 15) is 9.59 Å². The number of benzene rings is 2. The molecule has 5 heteroatoms. The molecule has 0 radical (unpaired) electrons. The smallest absolute Gasteiger partial charge is 0.331 e. The van der Waals surface area contributed by atoms with Crippen LogP contribution in [0.1, 0.15) is 43.5 Å². The van der Waals surface area contributed by atoms with Gasteiger partial charge in [0.15, 0.2) is 6.61 Å². The lowest BCUT2D eigenvalue weighted by molar-refractivity contribution is -0.144. The summed E-state index contributed by atoms with van der Waals surface area (Å²) in [6.45, 7) is 5.95. The van der Waals surface area contributed by atoms with Crippen molar-refractivity contribution in [2.75, 3.05) is 6.61 Å². The summed E-state index contributed by atoms with van der Waals surface area (Å²) in [5.74, 6) is -0.311. The van der Waals surface area contributed by atoms with Gasteiger partial charge in [-0.3, -0.25) is 4.79 Å². The predicted molar refractivity (Wildman–Crippen MR) is 113 cm³/mol. The van der Waals surface area contributed by atoms with Crippen LogP contribution in [0.5, 0.6) is 0 Å². The number of hydrogen-bond acceptors (Lipinski definition) is 3. The maximum Gasteiger partial charge on any atom is 0.331 e. The maximum atomic E-state index is 12.0. The first-order valence-corrected chi connectivity index (χ1v) is 9.70. The molecule has 148 valence electrons. The van der Waals surface area contributed by atoms with Crippen molar-refractivity contribution >= 4 is 29.6 Å². The minimum Gasteiger partial charge on any atom is -0.452 e. The number of rotatable bonds is 8. The molecule has 1 amide bonds. The summed E-state index contributed by atoms with van der Waals surface area (Å²) in [7, 11) is 0. The van der Waals surface area contributed by atoms with Crippen LogP contribution in [0.3, 0.4) is 0 Å². The van der Waals surface area contributed by atoms with E-state index in [1.54, 1.807) is 30.3 Å². The average Bonchev–Trinajstić information content (AvgIpc) is 2.66. The number of hydrogen-bond donors (Lipinski definition) is 1. The second-order valence-corrected chi connectivity index (χ2v) is 7.56. The second kappa shape index (κ2) is 10.7. The van der Waals surface area contributed by atoms with E-state index in [1.807, 2.05) is 19.1 Å². The van der Waals surface area contributed by atoms with Crippen molar-refractivity contribution in [1.82, 2.24) is 5.32 Å². The van der Waals surface area contributed by atoms with E-state index < -0.39 is 5.97 Å². The Labute approximate surface area is 171 Å². The molecule has 2 aromatic rings. The molecule has 0 aliphatic carbocycles. The van der Waals surface area contributed by atoms with Crippen molar-refractivity contribution in [3.63, 3.8) is 0 Å². The molecule has 0 aliphatic heterocycles. The summed E-state index contributed by atoms with van der Waals surface area (Å²) in [6, 6.07) is 15.1. The number of ether oxygens (including phenoxy) is 1. The maximum absolute atomic E-state index is 12.0. The van der Waals surface area contributed by atoms with E-state index in [2.05, 4.69) is 31.3 Å². The molecule has 0 aromatic heterocycles. The van der Waals surface area contributed by atoms with Crippen molar-refractivity contribution in [3.8, 4) is 0 Å². The largest absolute Gasteiger partial charge is 0.452 e. The molecular formula is C23H26ClNO3. The van der Waals surface area contributed by atoms with Crippen molar-refractivity contribution < 1.29 is 14.3 Å². The van der Waals surface area contributed by atoms with Crippen molar-refractivity contribution in [1.29, 1.82) is 0 Å². The highest BCUT2D eigenvalue weighted by atomic mass is 35.5. The minimum atomic E-state index is -0.573. The summed E-state index contributed by atoms with van der Waals surface area (Å²) < 4.78 is 4.99. The molecule has 2 rings (SSSR count). The van der Waals surface area contributed by atoms with Gasteiger partial charge in [0.25, 0.3) is 5.91 Å². The van der Waals surface area contributed by atoms with Gasteiger partial charge in [-0.15, -0.1) is 0 Å². The Bertz CT molecular complexity index is 811. The molecule has 0 unspecified atom stereocenters. The fraction of sp³-hybridized carbons (Fsp3) is 0.304. The van der Waals surface area contributed by atoms with Gasteiger partial charge in [-0.1, -0.05) is 61.8 Å². The molecule has 0 fully saturated rings. The van der Waals surface area contributed by atoms with Crippen LogP contribution in [0.25, 0.3) is 6.08 Å². The van der Waals surface area contributed by atoms with Gasteiger partial charge >= 0.3 is 5.97 Å². The first-order chi connectivity index (χ1) is 13.3. The van der Waals surface area contributed by atoms with Gasteiger partial charge in [-0.25, -0.2) is 4.79 Å². The first kappa shape index (κ1) is 21.7. The van der Waals surface area contributed by atoms with E-state index in [4.69, 9.17) is 16.3 Å². The minimum absolute atomic E-state index is 0.163. The van der Waals surface area contributed by atoms with Gasteiger partial charge in [0.1, 0.15) is 0 Å². The lowest BCUT2D eigenvalue weighted by atomic mass is 10.00. The standard InChI is InChI=1S/C23H26ClNO3/c1-16(2)14-19-4-9-20(10-5-19)17(3)25-22(26)15-28-23(27)13-8-18-6-11-21(24)12-7-18/h4-13,16-17H,14-15H2,1-3H3,(H,25,26)/b13-8+/t17-/m1/s1. The van der Waals surface area contributed by atoms with Crippen LogP contribution >= 0.6 is 11.6 Å². The zero-order valence-corrected chi connectivity index (χ0v) is 17.2. The third kappa shape index (κ3) is 7.57. The molecule has 0 saturated carbocycles. The molecule has 28 heavy (non-hydrogen) atoms. The van der Waals surface area contributed by atoms with Crippen LogP contribution in [-0.2, 0) is 20.7 Å². The molecular weight excluding hydrogens is 374 g/mol. The molecule has 0 aliphatic rings. The van der Waals surface area contributed by atoms with Crippen LogP contribution < -0.4 is 5.32 Å². The van der Waals surface area contributed by atoms with Crippen molar-refractivity contribution in [3.05, 3.63) is 76.3 Å². The third-order valence-electron chi connectivity index (χ3n) is 4.13. The summed E-state index contributed by atoms with van der Waals surface area (Å²) >= 11 is 5.81. The van der Waals surface area contributed by atoms with E-state index in [-0.39, 0.29) is 18.6 Å². The third-order valence-corrected chi connectivity index (χ3v) is 4.38. The number of carbonyl (C=O) groups excluding carboxylic acids is 2. The quantitative estimate of drug-likeness (QED) is 0.503. The number of esters is 1. The zero-order valence-electron chi connectivity index (χ0n) is 16.4. The van der Waals surface area contributed by atoms with Gasteiger partial charge < -0.3 is 10.1 Å². The van der Waals surface area contributed by atoms with E-state index in [0.717, 1.165) is 17.5 Å². The van der Waals surface area contributed by atoms with Gasteiger partial charge in [-0.05, 0) is 54.2 Å². The van der Waals surface area contributed by atoms with Crippen LogP contribution in [0.2, 0.25) is 5.02 Å². The Balaban J connectivity index is 1.78. The Kier molecular flexibility index (Phi) is 8.27. The molecule has 0 saturated heterocycles. The topological polar surface area (TPSA) is 55.4 Å². The van der Waals surface area contributed by atoms with Crippen LogP contribution in [0.4, 0.5) is 0 Å². The Morgan fingerprint density at radius 2 is 1.68 bits per heavy atom. The fourth-order valence-electron chi connectivity index (χ4n) is 2.70. The SMILES string of the molecule is CC(C)Cc1ccc([C@@H](C)NC(=O)COC(=O)/C=C/c2ccc(Cl)cc2)cc1. The van der Waals surface area contributed by atoms with Gasteiger partial charge in [0.05, 0.1) is 6.04 Å². The van der Waals surface area contributed by atoms with Crippen LogP contribution in [0.15, 0.2) is 54.6 Å². The molecule has 2 aromatic carbocycles. The Morgan fingerprint density at radius 1 is 1.04 bits per heavy atom. The molecule has 0 spiro atoms. The van der Waals surface area contributed by atoms with E-state index >= 15 is 0 Å². The molecule has 1 atom stereocenters. The average molecular weight is 400 g/mol. The lowest BCUT2D eigenvalue weighted by Crippen LogP contribution is -2.30. The normalized spacial score (nSPS) is 12.2. The summed E-state index contributed by atoms with van der Waals surface area (Å²) in [6.07, 6.45) is 3.92. The Hall–Kier alpha value is -2.59. The predicted octanol–water partition coefficient (Wildman–Crippen LogP) is 4.97. The highest BCUT2D eigenvalue weighted by molar-refractivity contribution is 6.30. The number of halogens is 1. The highest BCUT2D eigenvalue weighted by Gasteiger charge is 2.11. The first-order valence-electron chi connectivity index (χ1n) is 9.32. The Morgan fingerprint density at radius 3 is 2.29 bits per heavy atom. The molecule has 4 nitrogen and oxygen atoms in total. The second-order valence-electron chi connectivity index (χ2n) is 7.12. The zero-order chi connectivity index (χ0) is 20.5. The van der Waals surface area contributed by atoms with E-state index in [1.165, 1.54) is 11.6 Å². The number of carbonyl (C=O) groups is 2. The van der Waals surface area contributed by atoms with Crippen LogP contribution in [-0.4, -0.2) is 18.5 Å². The lowest BCUT2D eigenvalue weighted by Gasteiger charge is -2.15. The van der Waals surface area contributed by atoms with Gasteiger partial charge in [0.2, 0.25) is 0 Å². The molecule has 0 heterocycles. The van der Waals surface area contributed by atoms with E-state index in [0.29, 0.717) is 10.9 Å². The fourth-order valence-corrected chi connectivity index (χ4v) is 2.83. The molecule has 0 bridgehead atoms. The van der Waals surface area contributed by atoms with Crippen molar-refractivity contribution in [2.45, 2.75) is 33.2 Å². The highest BCUT2D eigenvalue weighted by Crippen LogP contribution is 2.15. The summed E-state index contributed by atoms with van der Waals surface area (Å²) in [4.78, 5) is 23.8. The number of nitrogens with one attached hydrogen (secondary N) is 1. The van der Waals surface area contributed by atoms with Crippen LogP contribution in [0, 0.1) is 5.92 Å². The van der Waals surface area contributed by atoms with Gasteiger partial charge in [-0.2, -0.15) is 0 Å². The summed E-state index contributed by atoms with van der Waals surface area (Å²) in [5, 5.41) is 3.46. The number of amides is 1. The van der Waals surface area contributed by atoms with Gasteiger partial charge in [0, 0.05) is 11.1 Å². The summed E-state index contributed by atoms with van der Waals surface area (Å²) in [5.41, 5.74) is 3.11. The van der Waals surface area contributed by atoms with Crippen molar-refractivity contribution in [2.24, 2.45) is 5.92 Å².